The number of halogens is 3. The van der Waals surface area contributed by atoms with Crippen molar-refractivity contribution in [2.75, 3.05) is 0 Å². The molecule has 0 bridgehead atoms. The van der Waals surface area contributed by atoms with Crippen molar-refractivity contribution >= 4 is 49.6 Å². The molecule has 0 heterocycles. The first-order chi connectivity index (χ1) is 8.75. The molecule has 1 aromatic carbocycles. The third kappa shape index (κ3) is 2.83. The number of allylic oxidation sites excluding steroid dienone is 1. The van der Waals surface area contributed by atoms with Crippen LogP contribution in [0, 0.1) is 17.3 Å². The number of carboxylic acids is 1. The summed E-state index contributed by atoms with van der Waals surface area (Å²) >= 11 is 15.3. The first-order valence-corrected chi connectivity index (χ1v) is 7.35. The van der Waals surface area contributed by atoms with Crippen LogP contribution in [0.25, 0.3) is 4.48 Å². The molecule has 0 aliphatic heterocycles. The molecule has 2 atom stereocenters. The van der Waals surface area contributed by atoms with Gasteiger partial charge in [0, 0.05) is 4.48 Å². The second-order valence-electron chi connectivity index (χ2n) is 5.31. The number of aliphatic carboxylic acids is 1. The molecule has 2 unspecified atom stereocenters. The second-order valence-corrected chi connectivity index (χ2v) is 6.98. The van der Waals surface area contributed by atoms with Crippen LogP contribution in [0.3, 0.4) is 0 Å². The van der Waals surface area contributed by atoms with Gasteiger partial charge < -0.3 is 5.11 Å². The fraction of sp³-hybridized carbons (Fsp3) is 0.357. The summed E-state index contributed by atoms with van der Waals surface area (Å²) in [5.41, 5.74) is 0.683. The Morgan fingerprint density at radius 3 is 2.47 bits per heavy atom. The van der Waals surface area contributed by atoms with E-state index < -0.39 is 5.97 Å². The molecule has 0 saturated heterocycles. The van der Waals surface area contributed by atoms with E-state index in [0.717, 1.165) is 10.0 Å². The molecule has 1 N–H and O–H groups in total. The molecule has 19 heavy (non-hydrogen) atoms. The van der Waals surface area contributed by atoms with Crippen molar-refractivity contribution in [3.8, 4) is 0 Å². The van der Waals surface area contributed by atoms with E-state index in [9.17, 15) is 4.79 Å². The predicted molar refractivity (Wildman–Crippen MR) is 81.8 cm³/mol. The summed E-state index contributed by atoms with van der Waals surface area (Å²) in [5, 5.41) is 10.1. The molecule has 0 amide bonds. The van der Waals surface area contributed by atoms with Gasteiger partial charge in [0.05, 0.1) is 16.0 Å². The molecule has 0 aromatic heterocycles. The van der Waals surface area contributed by atoms with Crippen molar-refractivity contribution in [3.05, 3.63) is 39.9 Å². The van der Waals surface area contributed by atoms with Gasteiger partial charge >= 0.3 is 5.97 Å². The lowest BCUT2D eigenvalue weighted by Crippen LogP contribution is -2.02. The summed E-state index contributed by atoms with van der Waals surface area (Å²) in [7, 11) is 0. The Hall–Kier alpha value is -0.510. The minimum Gasteiger partial charge on any atom is -0.481 e. The van der Waals surface area contributed by atoms with Crippen molar-refractivity contribution < 1.29 is 9.90 Å². The largest absolute Gasteiger partial charge is 0.481 e. The van der Waals surface area contributed by atoms with Crippen LogP contribution < -0.4 is 0 Å². The number of carbonyl (C=O) groups is 1. The number of rotatable bonds is 3. The van der Waals surface area contributed by atoms with E-state index in [1.807, 2.05) is 26.0 Å². The molecular formula is C14H13BrCl2O2. The summed E-state index contributed by atoms with van der Waals surface area (Å²) < 4.78 is 0.841. The van der Waals surface area contributed by atoms with Crippen LogP contribution in [0.15, 0.2) is 24.3 Å². The van der Waals surface area contributed by atoms with Crippen LogP contribution in [0.1, 0.15) is 19.4 Å². The Morgan fingerprint density at radius 1 is 1.37 bits per heavy atom. The van der Waals surface area contributed by atoms with E-state index in [0.29, 0.717) is 10.0 Å². The average molecular weight is 364 g/mol. The zero-order valence-corrected chi connectivity index (χ0v) is 13.6. The minimum absolute atomic E-state index is 0.0221. The Labute approximate surface area is 130 Å². The summed E-state index contributed by atoms with van der Waals surface area (Å²) in [6, 6.07) is 5.33. The highest BCUT2D eigenvalue weighted by atomic mass is 79.9. The quantitative estimate of drug-likeness (QED) is 0.812. The van der Waals surface area contributed by atoms with Crippen molar-refractivity contribution in [2.24, 2.45) is 17.3 Å². The van der Waals surface area contributed by atoms with E-state index in [-0.39, 0.29) is 17.3 Å². The van der Waals surface area contributed by atoms with E-state index in [4.69, 9.17) is 28.3 Å². The molecule has 0 spiro atoms. The fourth-order valence-electron chi connectivity index (χ4n) is 2.36. The van der Waals surface area contributed by atoms with Crippen LogP contribution >= 0.6 is 39.1 Å². The third-order valence-corrected chi connectivity index (χ3v) is 5.16. The number of carboxylic acid groups (broad SMARTS) is 1. The standard InChI is InChI=1S/C14H13BrCl2O2/c1-14(2)8(12(14)13(18)19)6-9(15)7-3-4-10(16)11(17)5-7/h3-6,8,12H,1-2H3,(H,18,19). The Kier molecular flexibility index (Phi) is 4.01. The lowest BCUT2D eigenvalue weighted by Gasteiger charge is -2.03. The van der Waals surface area contributed by atoms with Crippen LogP contribution in [-0.4, -0.2) is 11.1 Å². The fourth-order valence-corrected chi connectivity index (χ4v) is 3.19. The van der Waals surface area contributed by atoms with Crippen LogP contribution in [0.2, 0.25) is 10.0 Å². The lowest BCUT2D eigenvalue weighted by molar-refractivity contribution is -0.139. The highest BCUT2D eigenvalue weighted by Crippen LogP contribution is 2.60. The van der Waals surface area contributed by atoms with Gasteiger partial charge in [-0.05, 0) is 29.0 Å². The van der Waals surface area contributed by atoms with Crippen molar-refractivity contribution in [1.82, 2.24) is 0 Å². The third-order valence-electron chi connectivity index (χ3n) is 3.70. The lowest BCUT2D eigenvalue weighted by atomic mass is 10.1. The number of hydrogen-bond acceptors (Lipinski definition) is 1. The molecule has 102 valence electrons. The van der Waals surface area contributed by atoms with Gasteiger partial charge in [-0.3, -0.25) is 4.79 Å². The molecule has 1 saturated carbocycles. The normalized spacial score (nSPS) is 25.2. The molecule has 0 radical (unpaired) electrons. The molecule has 1 aliphatic carbocycles. The highest BCUT2D eigenvalue weighted by molar-refractivity contribution is 9.15. The number of hydrogen-bond donors (Lipinski definition) is 1. The zero-order valence-electron chi connectivity index (χ0n) is 10.5. The molecule has 1 aliphatic rings. The second kappa shape index (κ2) is 5.12. The molecule has 2 nitrogen and oxygen atoms in total. The van der Waals surface area contributed by atoms with Crippen molar-refractivity contribution in [2.45, 2.75) is 13.8 Å². The Morgan fingerprint density at radius 2 is 2.00 bits per heavy atom. The first kappa shape index (κ1) is 14.9. The number of benzene rings is 1. The van der Waals surface area contributed by atoms with Gasteiger partial charge in [-0.2, -0.15) is 0 Å². The molecular weight excluding hydrogens is 351 g/mol. The SMILES string of the molecule is CC1(C)C(C=C(Br)c2ccc(Cl)c(Cl)c2)C1C(=O)O. The van der Waals surface area contributed by atoms with Gasteiger partial charge in [0.25, 0.3) is 0 Å². The Bertz CT molecular complexity index is 567. The van der Waals surface area contributed by atoms with Crippen molar-refractivity contribution in [1.29, 1.82) is 0 Å². The van der Waals surface area contributed by atoms with E-state index in [1.54, 1.807) is 12.1 Å². The minimum atomic E-state index is -0.749. The first-order valence-electron chi connectivity index (χ1n) is 5.80. The van der Waals surface area contributed by atoms with E-state index in [1.165, 1.54) is 0 Å². The molecule has 1 fully saturated rings. The summed E-state index contributed by atoms with van der Waals surface area (Å²) in [5.74, 6) is -1.06. The van der Waals surface area contributed by atoms with Gasteiger partial charge in [0.15, 0.2) is 0 Å². The van der Waals surface area contributed by atoms with Gasteiger partial charge in [-0.15, -0.1) is 0 Å². The van der Waals surface area contributed by atoms with Gasteiger partial charge in [-0.1, -0.05) is 65.1 Å². The predicted octanol–water partition coefficient (Wildman–Crippen LogP) is 5.09. The molecule has 5 heteroatoms. The molecule has 1 aromatic rings. The van der Waals surface area contributed by atoms with E-state index in [2.05, 4.69) is 15.9 Å². The van der Waals surface area contributed by atoms with Gasteiger partial charge in [0.1, 0.15) is 0 Å². The monoisotopic (exact) mass is 362 g/mol. The zero-order chi connectivity index (χ0) is 14.4. The van der Waals surface area contributed by atoms with Crippen LogP contribution in [0.4, 0.5) is 0 Å². The highest BCUT2D eigenvalue weighted by Gasteiger charge is 2.60. The smallest absolute Gasteiger partial charge is 0.307 e. The van der Waals surface area contributed by atoms with Crippen LogP contribution in [-0.2, 0) is 4.79 Å². The van der Waals surface area contributed by atoms with Crippen LogP contribution in [0.5, 0.6) is 0 Å². The maximum absolute atomic E-state index is 11.1. The van der Waals surface area contributed by atoms with E-state index >= 15 is 0 Å². The van der Waals surface area contributed by atoms with Gasteiger partial charge in [0.2, 0.25) is 0 Å². The molecule has 2 rings (SSSR count). The summed E-state index contributed by atoms with van der Waals surface area (Å²) in [6.45, 7) is 3.92. The van der Waals surface area contributed by atoms with Crippen molar-refractivity contribution in [3.63, 3.8) is 0 Å². The summed E-state index contributed by atoms with van der Waals surface area (Å²) in [4.78, 5) is 11.1. The maximum Gasteiger partial charge on any atom is 0.307 e. The summed E-state index contributed by atoms with van der Waals surface area (Å²) in [6.07, 6.45) is 1.94. The maximum atomic E-state index is 11.1. The Balaban J connectivity index is 2.25. The topological polar surface area (TPSA) is 37.3 Å². The van der Waals surface area contributed by atoms with Gasteiger partial charge in [-0.25, -0.2) is 0 Å². The average Bonchev–Trinajstić information content (AvgIpc) is 2.84.